The molecule has 0 fully saturated rings. The second kappa shape index (κ2) is 7.53. The summed E-state index contributed by atoms with van der Waals surface area (Å²) >= 11 is 0. The maximum absolute atomic E-state index is 11.8. The number of rotatable bonds is 4. The molecule has 3 N–H and O–H groups in total. The molecule has 0 spiro atoms. The molecule has 0 aliphatic carbocycles. The van der Waals surface area contributed by atoms with Gasteiger partial charge in [0.25, 0.3) is 0 Å². The maximum atomic E-state index is 11.8. The number of ether oxygens (including phenoxy) is 1. The molecule has 20 heavy (non-hydrogen) atoms. The van der Waals surface area contributed by atoms with Gasteiger partial charge in [-0.2, -0.15) is 0 Å². The van der Waals surface area contributed by atoms with Crippen LogP contribution < -0.4 is 5.73 Å². The molecule has 106 valence electrons. The highest BCUT2D eigenvalue weighted by molar-refractivity contribution is 5.85. The maximum Gasteiger partial charge on any atom is 0.327 e. The summed E-state index contributed by atoms with van der Waals surface area (Å²) in [6.07, 6.45) is 0. The Labute approximate surface area is 123 Å². The highest BCUT2D eigenvalue weighted by Crippen LogP contribution is 2.18. The number of hydrogen-bond acceptors (Lipinski definition) is 4. The smallest absolute Gasteiger partial charge is 0.327 e. The first kappa shape index (κ1) is 16.0. The molecule has 2 aromatic rings. The van der Waals surface area contributed by atoms with E-state index in [-0.39, 0.29) is 24.8 Å². The van der Waals surface area contributed by atoms with Crippen molar-refractivity contribution in [1.82, 2.24) is 0 Å². The van der Waals surface area contributed by atoms with Crippen LogP contribution in [0.1, 0.15) is 17.2 Å². The average Bonchev–Trinajstić information content (AvgIpc) is 2.45. The number of carbonyl (C=O) groups excluding carboxylic acids is 1. The van der Waals surface area contributed by atoms with Crippen LogP contribution in [0.3, 0.4) is 0 Å². The number of phenolic OH excluding ortho intramolecular Hbond substituents is 1. The third-order valence-corrected chi connectivity index (χ3v) is 2.71. The molecule has 0 radical (unpaired) electrons. The lowest BCUT2D eigenvalue weighted by molar-refractivity contribution is -0.146. The van der Waals surface area contributed by atoms with Gasteiger partial charge in [0.05, 0.1) is 0 Å². The second-order valence-corrected chi connectivity index (χ2v) is 4.17. The summed E-state index contributed by atoms with van der Waals surface area (Å²) in [6, 6.07) is 14.8. The molecular weight excluding hydrogens is 278 g/mol. The van der Waals surface area contributed by atoms with Crippen LogP contribution in [-0.2, 0) is 16.1 Å². The predicted octanol–water partition coefficient (Wildman–Crippen LogP) is 2.56. The molecule has 0 aromatic heterocycles. The quantitative estimate of drug-likeness (QED) is 0.850. The van der Waals surface area contributed by atoms with Crippen molar-refractivity contribution in [3.8, 4) is 5.75 Å². The van der Waals surface area contributed by atoms with Crippen molar-refractivity contribution < 1.29 is 14.6 Å². The molecule has 2 rings (SSSR count). The molecule has 2 aromatic carbocycles. The van der Waals surface area contributed by atoms with Crippen LogP contribution in [0.4, 0.5) is 0 Å². The molecule has 0 unspecified atom stereocenters. The zero-order valence-corrected chi connectivity index (χ0v) is 11.5. The Bertz CT molecular complexity index is 560. The van der Waals surface area contributed by atoms with Gasteiger partial charge in [0.15, 0.2) is 0 Å². The van der Waals surface area contributed by atoms with Crippen LogP contribution in [0, 0.1) is 0 Å². The van der Waals surface area contributed by atoms with Crippen LogP contribution in [0.5, 0.6) is 5.75 Å². The summed E-state index contributed by atoms with van der Waals surface area (Å²) < 4.78 is 5.14. The number of aromatic hydroxyl groups is 1. The minimum absolute atomic E-state index is 0. The van der Waals surface area contributed by atoms with Crippen LogP contribution in [0.15, 0.2) is 54.6 Å². The van der Waals surface area contributed by atoms with Gasteiger partial charge < -0.3 is 15.6 Å². The molecule has 0 aliphatic heterocycles. The van der Waals surface area contributed by atoms with E-state index in [1.54, 1.807) is 12.1 Å². The van der Waals surface area contributed by atoms with Gasteiger partial charge in [-0.1, -0.05) is 42.5 Å². The zero-order valence-electron chi connectivity index (χ0n) is 10.7. The highest BCUT2D eigenvalue weighted by atomic mass is 35.5. The minimum atomic E-state index is -0.893. The topological polar surface area (TPSA) is 72.6 Å². The van der Waals surface area contributed by atoms with Gasteiger partial charge in [0, 0.05) is 0 Å². The third kappa shape index (κ3) is 4.26. The Morgan fingerprint density at radius 3 is 2.50 bits per heavy atom. The van der Waals surface area contributed by atoms with Gasteiger partial charge in [0.2, 0.25) is 0 Å². The largest absolute Gasteiger partial charge is 0.508 e. The van der Waals surface area contributed by atoms with Crippen LogP contribution >= 0.6 is 12.4 Å². The second-order valence-electron chi connectivity index (χ2n) is 4.17. The van der Waals surface area contributed by atoms with Gasteiger partial charge in [-0.25, -0.2) is 4.79 Å². The van der Waals surface area contributed by atoms with E-state index in [9.17, 15) is 9.90 Å². The van der Waals surface area contributed by atoms with E-state index in [0.29, 0.717) is 5.56 Å². The molecule has 0 heterocycles. The van der Waals surface area contributed by atoms with Gasteiger partial charge in [-0.15, -0.1) is 12.4 Å². The number of esters is 1. The summed E-state index contributed by atoms with van der Waals surface area (Å²) in [4.78, 5) is 11.8. The first-order chi connectivity index (χ1) is 9.16. The Hall–Kier alpha value is -2.04. The van der Waals surface area contributed by atoms with Crippen LogP contribution in [0.25, 0.3) is 0 Å². The van der Waals surface area contributed by atoms with E-state index in [1.807, 2.05) is 30.3 Å². The minimum Gasteiger partial charge on any atom is -0.508 e. The standard InChI is InChI=1S/C15H15NO3.ClH/c16-14(12-7-4-8-13(17)9-12)15(18)19-10-11-5-2-1-3-6-11;/h1-9,14,17H,10,16H2;1H/t14-;/m0./s1. The van der Waals surface area contributed by atoms with Crippen LogP contribution in [0.2, 0.25) is 0 Å². The van der Waals surface area contributed by atoms with Crippen molar-refractivity contribution in [2.24, 2.45) is 5.73 Å². The van der Waals surface area contributed by atoms with Crippen LogP contribution in [-0.4, -0.2) is 11.1 Å². The molecule has 0 saturated heterocycles. The first-order valence-electron chi connectivity index (χ1n) is 5.92. The van der Waals surface area contributed by atoms with Gasteiger partial charge in [-0.05, 0) is 23.3 Å². The number of hydrogen-bond donors (Lipinski definition) is 2. The molecule has 0 aliphatic rings. The van der Waals surface area contributed by atoms with Crippen molar-refractivity contribution in [2.45, 2.75) is 12.6 Å². The van der Waals surface area contributed by atoms with Crippen molar-refractivity contribution >= 4 is 18.4 Å². The number of carbonyl (C=O) groups is 1. The Balaban J connectivity index is 0.00000200. The molecule has 0 amide bonds. The molecule has 4 nitrogen and oxygen atoms in total. The number of phenols is 1. The van der Waals surface area contributed by atoms with Crippen molar-refractivity contribution in [1.29, 1.82) is 0 Å². The Morgan fingerprint density at radius 2 is 1.85 bits per heavy atom. The average molecular weight is 294 g/mol. The predicted molar refractivity (Wildman–Crippen MR) is 78.5 cm³/mol. The van der Waals surface area contributed by atoms with E-state index in [2.05, 4.69) is 0 Å². The Kier molecular flexibility index (Phi) is 6.03. The summed E-state index contributed by atoms with van der Waals surface area (Å²) in [7, 11) is 0. The summed E-state index contributed by atoms with van der Waals surface area (Å²) in [5, 5.41) is 9.34. The zero-order chi connectivity index (χ0) is 13.7. The number of benzene rings is 2. The van der Waals surface area contributed by atoms with E-state index < -0.39 is 12.0 Å². The molecule has 0 saturated carbocycles. The monoisotopic (exact) mass is 293 g/mol. The van der Waals surface area contributed by atoms with E-state index in [0.717, 1.165) is 5.56 Å². The van der Waals surface area contributed by atoms with Gasteiger partial charge >= 0.3 is 5.97 Å². The first-order valence-corrected chi connectivity index (χ1v) is 5.92. The summed E-state index contributed by atoms with van der Waals surface area (Å²) in [5.74, 6) is -0.446. The Morgan fingerprint density at radius 1 is 1.15 bits per heavy atom. The number of halogens is 1. The molecular formula is C15H16ClNO3. The third-order valence-electron chi connectivity index (χ3n) is 2.71. The van der Waals surface area contributed by atoms with E-state index >= 15 is 0 Å². The fraction of sp³-hybridized carbons (Fsp3) is 0.133. The fourth-order valence-corrected chi connectivity index (χ4v) is 1.67. The SMILES string of the molecule is Cl.N[C@H](C(=O)OCc1ccccc1)c1cccc(O)c1. The van der Waals surface area contributed by atoms with Gasteiger partial charge in [0.1, 0.15) is 18.4 Å². The lowest BCUT2D eigenvalue weighted by atomic mass is 10.1. The van der Waals surface area contributed by atoms with Crippen molar-refractivity contribution in [3.63, 3.8) is 0 Å². The van der Waals surface area contributed by atoms with Gasteiger partial charge in [-0.3, -0.25) is 0 Å². The lowest BCUT2D eigenvalue weighted by Crippen LogP contribution is -2.23. The van der Waals surface area contributed by atoms with E-state index in [1.165, 1.54) is 12.1 Å². The highest BCUT2D eigenvalue weighted by Gasteiger charge is 2.17. The fourth-order valence-electron chi connectivity index (χ4n) is 1.67. The summed E-state index contributed by atoms with van der Waals surface area (Å²) in [6.45, 7) is 0.187. The molecule has 5 heteroatoms. The molecule has 1 atom stereocenters. The lowest BCUT2D eigenvalue weighted by Gasteiger charge is -2.12. The van der Waals surface area contributed by atoms with Crippen molar-refractivity contribution in [2.75, 3.05) is 0 Å². The van der Waals surface area contributed by atoms with Crippen molar-refractivity contribution in [3.05, 3.63) is 65.7 Å². The number of nitrogens with two attached hydrogens (primary N) is 1. The normalized spacial score (nSPS) is 11.2. The molecule has 0 bridgehead atoms. The summed E-state index contributed by atoms with van der Waals surface area (Å²) in [5.41, 5.74) is 7.21. The van der Waals surface area contributed by atoms with E-state index in [4.69, 9.17) is 10.5 Å².